The van der Waals surface area contributed by atoms with E-state index in [4.69, 9.17) is 16.9 Å². The second-order valence-electron chi connectivity index (χ2n) is 9.56. The summed E-state index contributed by atoms with van der Waals surface area (Å²) < 4.78 is 28.5. The van der Waals surface area contributed by atoms with Gasteiger partial charge in [-0.05, 0) is 86.3 Å². The van der Waals surface area contributed by atoms with E-state index in [1.807, 2.05) is 62.4 Å². The summed E-state index contributed by atoms with van der Waals surface area (Å²) in [6.45, 7) is 5.39. The van der Waals surface area contributed by atoms with Crippen molar-refractivity contribution in [1.82, 2.24) is 8.87 Å². The first-order valence-electron chi connectivity index (χ1n) is 12.1. The Balaban J connectivity index is 1.55. The molecule has 5 rings (SSSR count). The highest BCUT2D eigenvalue weighted by molar-refractivity contribution is 7.90. The normalized spacial score (nSPS) is 16.8. The summed E-state index contributed by atoms with van der Waals surface area (Å²) in [5, 5.41) is 10.7. The lowest BCUT2D eigenvalue weighted by Crippen LogP contribution is -2.33. The predicted octanol–water partition coefficient (Wildman–Crippen LogP) is 6.75. The summed E-state index contributed by atoms with van der Waals surface area (Å²) in [7, 11) is -3.75. The van der Waals surface area contributed by atoms with Crippen LogP contribution in [0.3, 0.4) is 0 Å². The molecular formula is C29H28ClN3O2S. The number of likely N-dealkylation sites (tertiary alicyclic amines) is 1. The molecule has 0 N–H and O–H groups in total. The summed E-state index contributed by atoms with van der Waals surface area (Å²) >= 11 is 6.80. The second-order valence-corrected chi connectivity index (χ2v) is 11.8. The van der Waals surface area contributed by atoms with E-state index in [2.05, 4.69) is 11.0 Å². The third-order valence-electron chi connectivity index (χ3n) is 7.16. The van der Waals surface area contributed by atoms with Crippen LogP contribution in [0.15, 0.2) is 71.8 Å². The monoisotopic (exact) mass is 517 g/mol. The third kappa shape index (κ3) is 4.43. The zero-order chi connectivity index (χ0) is 25.4. The van der Waals surface area contributed by atoms with Crippen LogP contribution in [0.5, 0.6) is 0 Å². The van der Waals surface area contributed by atoms with E-state index in [0.29, 0.717) is 22.6 Å². The molecule has 1 atom stereocenters. The Hall–Kier alpha value is -3.11. The zero-order valence-corrected chi connectivity index (χ0v) is 22.0. The first-order chi connectivity index (χ1) is 17.3. The number of aromatic nitrogens is 1. The Morgan fingerprint density at radius 3 is 2.44 bits per heavy atom. The van der Waals surface area contributed by atoms with Crippen molar-refractivity contribution < 1.29 is 8.42 Å². The average molecular weight is 518 g/mol. The number of halogens is 1. The predicted molar refractivity (Wildman–Crippen MR) is 144 cm³/mol. The molecule has 1 fully saturated rings. The SMILES string of the molecule is Cc1ccc(S(=O)(=O)n2ccc3c(CN4CCCCC4c4ccc(C#N)cc4)c(Cl)cc(C)c32)cc1. The van der Waals surface area contributed by atoms with Crippen molar-refractivity contribution in [2.75, 3.05) is 6.54 Å². The van der Waals surface area contributed by atoms with Crippen LogP contribution in [0.25, 0.3) is 10.9 Å². The maximum absolute atomic E-state index is 13.5. The van der Waals surface area contributed by atoms with E-state index < -0.39 is 10.0 Å². The van der Waals surface area contributed by atoms with E-state index in [0.717, 1.165) is 47.9 Å². The van der Waals surface area contributed by atoms with Gasteiger partial charge in [0, 0.05) is 29.2 Å². The van der Waals surface area contributed by atoms with Crippen LogP contribution in [0, 0.1) is 25.2 Å². The molecule has 0 radical (unpaired) electrons. The number of nitriles is 1. The molecular weight excluding hydrogens is 490 g/mol. The number of hydrogen-bond donors (Lipinski definition) is 0. The molecule has 184 valence electrons. The maximum Gasteiger partial charge on any atom is 0.268 e. The Kier molecular flexibility index (Phi) is 6.65. The van der Waals surface area contributed by atoms with Gasteiger partial charge < -0.3 is 0 Å². The standard InChI is InChI=1S/C29H28ClN3O2S/c1-20-6-12-24(13-7-20)36(34,35)33-16-14-25-26(27(30)17-21(2)29(25)33)19-32-15-4-3-5-28(32)23-10-8-22(18-31)9-11-23/h6-14,16-17,28H,3-5,15,19H2,1-2H3. The molecule has 36 heavy (non-hydrogen) atoms. The zero-order valence-electron chi connectivity index (χ0n) is 20.4. The first-order valence-corrected chi connectivity index (χ1v) is 14.0. The van der Waals surface area contributed by atoms with Crippen LogP contribution < -0.4 is 0 Å². The lowest BCUT2D eigenvalue weighted by molar-refractivity contribution is 0.141. The van der Waals surface area contributed by atoms with Crippen molar-refractivity contribution in [3.8, 4) is 6.07 Å². The molecule has 7 heteroatoms. The smallest absolute Gasteiger partial charge is 0.268 e. The summed E-state index contributed by atoms with van der Waals surface area (Å²) in [4.78, 5) is 2.69. The highest BCUT2D eigenvalue weighted by atomic mass is 35.5. The number of nitrogens with zero attached hydrogens (tertiary/aromatic N) is 3. The number of hydrogen-bond acceptors (Lipinski definition) is 4. The molecule has 0 spiro atoms. The largest absolute Gasteiger partial charge is 0.292 e. The topological polar surface area (TPSA) is 66.1 Å². The van der Waals surface area contributed by atoms with E-state index >= 15 is 0 Å². The van der Waals surface area contributed by atoms with Crippen LogP contribution >= 0.6 is 11.6 Å². The number of fused-ring (bicyclic) bond motifs is 1. The third-order valence-corrected chi connectivity index (χ3v) is 9.19. The van der Waals surface area contributed by atoms with Gasteiger partial charge >= 0.3 is 0 Å². The molecule has 1 aliphatic rings. The summed E-state index contributed by atoms with van der Waals surface area (Å²) in [5.41, 5.74) is 5.28. The van der Waals surface area contributed by atoms with E-state index in [9.17, 15) is 8.42 Å². The Morgan fingerprint density at radius 2 is 1.75 bits per heavy atom. The van der Waals surface area contributed by atoms with Crippen LogP contribution in [0.1, 0.15) is 53.1 Å². The van der Waals surface area contributed by atoms with Gasteiger partial charge in [0.05, 0.1) is 22.0 Å². The van der Waals surface area contributed by atoms with Gasteiger partial charge in [0.15, 0.2) is 0 Å². The molecule has 2 heterocycles. The summed E-state index contributed by atoms with van der Waals surface area (Å²) in [6, 6.07) is 20.9. The maximum atomic E-state index is 13.5. The van der Waals surface area contributed by atoms with Gasteiger partial charge in [-0.2, -0.15) is 5.26 Å². The first kappa shape index (κ1) is 24.6. The highest BCUT2D eigenvalue weighted by Crippen LogP contribution is 2.37. The minimum atomic E-state index is -3.75. The van der Waals surface area contributed by atoms with Crippen molar-refractivity contribution in [3.05, 3.63) is 99.7 Å². The van der Waals surface area contributed by atoms with E-state index in [-0.39, 0.29) is 10.9 Å². The Morgan fingerprint density at radius 1 is 1.03 bits per heavy atom. The second kappa shape index (κ2) is 9.74. The molecule has 0 amide bonds. The summed E-state index contributed by atoms with van der Waals surface area (Å²) in [6.07, 6.45) is 4.91. The van der Waals surface area contributed by atoms with Crippen molar-refractivity contribution in [3.63, 3.8) is 0 Å². The van der Waals surface area contributed by atoms with Gasteiger partial charge in [-0.25, -0.2) is 12.4 Å². The molecule has 0 bridgehead atoms. The van der Waals surface area contributed by atoms with Gasteiger partial charge in [0.25, 0.3) is 10.0 Å². The van der Waals surface area contributed by atoms with Crippen LogP contribution in [0.4, 0.5) is 0 Å². The van der Waals surface area contributed by atoms with Crippen LogP contribution in [0.2, 0.25) is 5.02 Å². The molecule has 5 nitrogen and oxygen atoms in total. The van der Waals surface area contributed by atoms with Crippen molar-refractivity contribution in [1.29, 1.82) is 5.26 Å². The van der Waals surface area contributed by atoms with Crippen LogP contribution in [-0.2, 0) is 16.6 Å². The van der Waals surface area contributed by atoms with Gasteiger partial charge in [0.1, 0.15) is 0 Å². The number of rotatable bonds is 5. The molecule has 1 aromatic heterocycles. The molecule has 1 saturated heterocycles. The quantitative estimate of drug-likeness (QED) is 0.294. The van der Waals surface area contributed by atoms with Gasteiger partial charge in [-0.3, -0.25) is 4.90 Å². The minimum absolute atomic E-state index is 0.220. The van der Waals surface area contributed by atoms with Crippen molar-refractivity contribution in [2.24, 2.45) is 0 Å². The molecule has 0 saturated carbocycles. The van der Waals surface area contributed by atoms with E-state index in [1.54, 1.807) is 18.3 Å². The highest BCUT2D eigenvalue weighted by Gasteiger charge is 2.27. The fraction of sp³-hybridized carbons (Fsp3) is 0.276. The lowest BCUT2D eigenvalue weighted by Gasteiger charge is -2.36. The molecule has 1 unspecified atom stereocenters. The summed E-state index contributed by atoms with van der Waals surface area (Å²) in [5.74, 6) is 0. The lowest BCUT2D eigenvalue weighted by atomic mass is 9.93. The number of benzene rings is 3. The Labute approximate surface area is 217 Å². The minimum Gasteiger partial charge on any atom is -0.292 e. The molecule has 3 aromatic carbocycles. The molecule has 1 aliphatic heterocycles. The fourth-order valence-electron chi connectivity index (χ4n) is 5.24. The number of aryl methyl sites for hydroxylation is 2. The van der Waals surface area contributed by atoms with Gasteiger partial charge in [-0.1, -0.05) is 47.9 Å². The number of piperidine rings is 1. The molecule has 4 aromatic rings. The van der Waals surface area contributed by atoms with Crippen LogP contribution in [-0.4, -0.2) is 23.8 Å². The fourth-order valence-corrected chi connectivity index (χ4v) is 6.98. The van der Waals surface area contributed by atoms with E-state index in [1.165, 1.54) is 9.54 Å². The average Bonchev–Trinajstić information content (AvgIpc) is 3.34. The molecule has 0 aliphatic carbocycles. The van der Waals surface area contributed by atoms with Gasteiger partial charge in [0.2, 0.25) is 0 Å². The van der Waals surface area contributed by atoms with Crippen molar-refractivity contribution >= 4 is 32.5 Å². The Bertz CT molecular complexity index is 1570. The van der Waals surface area contributed by atoms with Gasteiger partial charge in [-0.15, -0.1) is 0 Å². The van der Waals surface area contributed by atoms with Crippen molar-refractivity contribution in [2.45, 2.75) is 50.6 Å².